The van der Waals surface area contributed by atoms with Gasteiger partial charge in [0.15, 0.2) is 0 Å². The molecule has 158 valence electrons. The van der Waals surface area contributed by atoms with E-state index in [1.54, 1.807) is 18.2 Å². The number of fused-ring (bicyclic) bond motifs is 1. The molecule has 1 saturated carbocycles. The molecule has 0 radical (unpaired) electrons. The number of sulfonamides is 1. The molecule has 8 heteroatoms. The Hall–Kier alpha value is -1.93. The number of rotatable bonds is 8. The molecule has 3 aliphatic rings. The Morgan fingerprint density at radius 2 is 1.86 bits per heavy atom. The van der Waals surface area contributed by atoms with Gasteiger partial charge in [-0.15, -0.1) is 0 Å². The number of amidine groups is 1. The van der Waals surface area contributed by atoms with Crippen LogP contribution in [0.4, 0.5) is 0 Å². The summed E-state index contributed by atoms with van der Waals surface area (Å²) >= 11 is 0. The number of likely N-dealkylation sites (tertiary alicyclic amines) is 1. The topological polar surface area (TPSA) is 90.9 Å². The standard InChI is InChI=1S/C21H30N4O3S/c26-20(23-16-11-14-25(15-12-16)17-9-10-17)8-2-1-5-13-22-21-18-6-3-4-7-19(18)29(27,28)24-21/h3-4,6-7,16-17H,1-2,5,8-15H2,(H,22,24)(H,23,26). The van der Waals surface area contributed by atoms with Crippen LogP contribution < -0.4 is 10.0 Å². The van der Waals surface area contributed by atoms with Gasteiger partial charge in [-0.25, -0.2) is 8.42 Å². The van der Waals surface area contributed by atoms with Crippen molar-refractivity contribution in [3.8, 4) is 0 Å². The third kappa shape index (κ3) is 5.17. The molecule has 2 N–H and O–H groups in total. The van der Waals surface area contributed by atoms with E-state index < -0.39 is 10.0 Å². The second kappa shape index (κ2) is 8.83. The monoisotopic (exact) mass is 418 g/mol. The lowest BCUT2D eigenvalue weighted by Gasteiger charge is -2.32. The molecule has 1 saturated heterocycles. The fourth-order valence-corrected chi connectivity index (χ4v) is 5.42. The third-order valence-electron chi connectivity index (χ3n) is 5.95. The van der Waals surface area contributed by atoms with Crippen molar-refractivity contribution in [2.24, 2.45) is 4.99 Å². The number of nitrogens with one attached hydrogen (secondary N) is 2. The van der Waals surface area contributed by atoms with Crippen LogP contribution in [0.3, 0.4) is 0 Å². The molecule has 1 aromatic carbocycles. The minimum atomic E-state index is -3.47. The van der Waals surface area contributed by atoms with Crippen molar-refractivity contribution in [1.82, 2.24) is 14.9 Å². The summed E-state index contributed by atoms with van der Waals surface area (Å²) in [5, 5.41) is 3.18. The summed E-state index contributed by atoms with van der Waals surface area (Å²) in [6.45, 7) is 2.78. The molecule has 0 aromatic heterocycles. The number of aliphatic imine (C=N–C) groups is 1. The van der Waals surface area contributed by atoms with Gasteiger partial charge in [-0.1, -0.05) is 18.6 Å². The second-order valence-corrected chi connectivity index (χ2v) is 9.90. The van der Waals surface area contributed by atoms with Crippen LogP contribution in [0.25, 0.3) is 0 Å². The van der Waals surface area contributed by atoms with E-state index in [0.717, 1.165) is 51.2 Å². The van der Waals surface area contributed by atoms with Crippen LogP contribution in [-0.2, 0) is 14.8 Å². The van der Waals surface area contributed by atoms with Crippen molar-refractivity contribution >= 4 is 21.8 Å². The van der Waals surface area contributed by atoms with E-state index in [-0.39, 0.29) is 5.91 Å². The van der Waals surface area contributed by atoms with Crippen molar-refractivity contribution in [3.63, 3.8) is 0 Å². The van der Waals surface area contributed by atoms with Gasteiger partial charge in [-0.05, 0) is 50.7 Å². The first-order chi connectivity index (χ1) is 14.0. The van der Waals surface area contributed by atoms with Crippen LogP contribution in [0.1, 0.15) is 56.9 Å². The van der Waals surface area contributed by atoms with Crippen molar-refractivity contribution in [2.45, 2.75) is 68.3 Å². The highest BCUT2D eigenvalue weighted by Gasteiger charge is 2.32. The molecular weight excluding hydrogens is 388 g/mol. The Morgan fingerprint density at radius 1 is 1.10 bits per heavy atom. The minimum Gasteiger partial charge on any atom is -0.353 e. The van der Waals surface area contributed by atoms with Crippen LogP contribution in [0.5, 0.6) is 0 Å². The van der Waals surface area contributed by atoms with Crippen LogP contribution in [0, 0.1) is 0 Å². The zero-order chi connectivity index (χ0) is 20.3. The average molecular weight is 419 g/mol. The van der Waals surface area contributed by atoms with E-state index in [2.05, 4.69) is 19.9 Å². The quantitative estimate of drug-likeness (QED) is 0.632. The van der Waals surface area contributed by atoms with E-state index in [0.29, 0.717) is 35.3 Å². The molecule has 0 atom stereocenters. The molecule has 2 fully saturated rings. The Balaban J connectivity index is 1.12. The minimum absolute atomic E-state index is 0.152. The molecule has 0 unspecified atom stereocenters. The van der Waals surface area contributed by atoms with Gasteiger partial charge in [0.2, 0.25) is 5.91 Å². The number of hydrogen-bond acceptors (Lipinski definition) is 5. The van der Waals surface area contributed by atoms with Gasteiger partial charge in [0.25, 0.3) is 10.0 Å². The van der Waals surface area contributed by atoms with Crippen LogP contribution in [0.15, 0.2) is 34.2 Å². The summed E-state index contributed by atoms with van der Waals surface area (Å²) in [5.74, 6) is 0.578. The van der Waals surface area contributed by atoms with Crippen molar-refractivity contribution in [1.29, 1.82) is 0 Å². The lowest BCUT2D eigenvalue weighted by Crippen LogP contribution is -2.45. The van der Waals surface area contributed by atoms with Gasteiger partial charge in [0, 0.05) is 43.7 Å². The second-order valence-electron chi connectivity index (χ2n) is 8.25. The summed E-state index contributed by atoms with van der Waals surface area (Å²) in [6.07, 6.45) is 7.95. The molecule has 1 amide bonds. The SMILES string of the molecule is O=C(CCCCCN=C1NS(=O)(=O)c2ccccc21)NC1CCN(C2CC2)CC1. The Labute approximate surface area is 173 Å². The molecule has 7 nitrogen and oxygen atoms in total. The number of piperidine rings is 1. The summed E-state index contributed by atoms with van der Waals surface area (Å²) in [7, 11) is -3.47. The first-order valence-electron chi connectivity index (χ1n) is 10.7. The maximum atomic E-state index is 12.2. The highest BCUT2D eigenvalue weighted by atomic mass is 32.2. The summed E-state index contributed by atoms with van der Waals surface area (Å²) in [4.78, 5) is 19.4. The molecule has 2 heterocycles. The molecule has 0 spiro atoms. The number of carbonyl (C=O) groups excluding carboxylic acids is 1. The fraction of sp³-hybridized carbons (Fsp3) is 0.619. The summed E-state index contributed by atoms with van der Waals surface area (Å²) in [6, 6.07) is 8.04. The van der Waals surface area contributed by atoms with Crippen LogP contribution in [-0.4, -0.2) is 56.8 Å². The number of benzene rings is 1. The Kier molecular flexibility index (Phi) is 6.20. The first kappa shape index (κ1) is 20.3. The van der Waals surface area contributed by atoms with E-state index in [1.165, 1.54) is 12.8 Å². The zero-order valence-electron chi connectivity index (χ0n) is 16.8. The molecule has 2 aliphatic heterocycles. The first-order valence-corrected chi connectivity index (χ1v) is 12.2. The highest BCUT2D eigenvalue weighted by Crippen LogP contribution is 2.29. The Morgan fingerprint density at radius 3 is 2.62 bits per heavy atom. The smallest absolute Gasteiger partial charge is 0.263 e. The summed E-state index contributed by atoms with van der Waals surface area (Å²) < 4.78 is 26.6. The Bertz CT molecular complexity index is 872. The molecule has 1 aromatic rings. The van der Waals surface area contributed by atoms with Crippen molar-refractivity contribution in [2.75, 3.05) is 19.6 Å². The van der Waals surface area contributed by atoms with Crippen LogP contribution >= 0.6 is 0 Å². The normalized spacial score (nSPS) is 23.0. The number of amides is 1. The number of hydrogen-bond donors (Lipinski definition) is 2. The molecule has 0 bridgehead atoms. The van der Waals surface area contributed by atoms with E-state index in [9.17, 15) is 13.2 Å². The molecular formula is C21H30N4O3S. The van der Waals surface area contributed by atoms with Gasteiger partial charge in [-0.2, -0.15) is 0 Å². The van der Waals surface area contributed by atoms with E-state index in [1.807, 2.05) is 6.07 Å². The number of carbonyl (C=O) groups is 1. The molecule has 4 rings (SSSR count). The van der Waals surface area contributed by atoms with E-state index in [4.69, 9.17) is 0 Å². The van der Waals surface area contributed by atoms with Gasteiger partial charge in [0.05, 0.1) is 4.90 Å². The van der Waals surface area contributed by atoms with Gasteiger partial charge in [-0.3, -0.25) is 14.5 Å². The van der Waals surface area contributed by atoms with Gasteiger partial charge >= 0.3 is 0 Å². The van der Waals surface area contributed by atoms with Crippen molar-refractivity contribution in [3.05, 3.63) is 29.8 Å². The van der Waals surface area contributed by atoms with E-state index >= 15 is 0 Å². The average Bonchev–Trinajstić information content (AvgIpc) is 3.52. The van der Waals surface area contributed by atoms with Crippen LogP contribution in [0.2, 0.25) is 0 Å². The third-order valence-corrected chi connectivity index (χ3v) is 7.35. The van der Waals surface area contributed by atoms with Gasteiger partial charge in [0.1, 0.15) is 5.84 Å². The number of nitrogens with zero attached hydrogens (tertiary/aromatic N) is 2. The maximum Gasteiger partial charge on any atom is 0.263 e. The maximum absolute atomic E-state index is 12.2. The zero-order valence-corrected chi connectivity index (χ0v) is 17.6. The van der Waals surface area contributed by atoms with Gasteiger partial charge < -0.3 is 10.2 Å². The predicted octanol–water partition coefficient (Wildman–Crippen LogP) is 2.03. The summed E-state index contributed by atoms with van der Waals surface area (Å²) in [5.41, 5.74) is 0.639. The molecule has 1 aliphatic carbocycles. The largest absolute Gasteiger partial charge is 0.353 e. The number of unbranched alkanes of at least 4 members (excludes halogenated alkanes) is 2. The highest BCUT2D eigenvalue weighted by molar-refractivity contribution is 7.90. The predicted molar refractivity (Wildman–Crippen MR) is 112 cm³/mol. The fourth-order valence-electron chi connectivity index (χ4n) is 4.16. The lowest BCUT2D eigenvalue weighted by molar-refractivity contribution is -0.122. The lowest BCUT2D eigenvalue weighted by atomic mass is 10.0. The van der Waals surface area contributed by atoms with Crippen molar-refractivity contribution < 1.29 is 13.2 Å². The molecule has 29 heavy (non-hydrogen) atoms.